The number of esters is 1. The van der Waals surface area contributed by atoms with Crippen molar-refractivity contribution < 1.29 is 34.4 Å². The lowest BCUT2D eigenvalue weighted by Gasteiger charge is -2.26. The van der Waals surface area contributed by atoms with E-state index in [4.69, 9.17) is 19.7 Å². The fourth-order valence-corrected chi connectivity index (χ4v) is 3.21. The first kappa shape index (κ1) is 27.6. The van der Waals surface area contributed by atoms with Crippen LogP contribution in [0.1, 0.15) is 59.0 Å². The smallest absolute Gasteiger partial charge is 0.343 e. The maximum atomic E-state index is 12.2. The Balaban J connectivity index is 0.000000540. The van der Waals surface area contributed by atoms with Crippen LogP contribution in [0.15, 0.2) is 72.8 Å². The predicted octanol–water partition coefficient (Wildman–Crippen LogP) is 5.04. The van der Waals surface area contributed by atoms with Crippen molar-refractivity contribution in [2.45, 2.75) is 32.6 Å². The van der Waals surface area contributed by atoms with Crippen LogP contribution in [0.4, 0.5) is 0 Å². The molecule has 3 aromatic carbocycles. The summed E-state index contributed by atoms with van der Waals surface area (Å²) in [5, 5.41) is 26.5. The van der Waals surface area contributed by atoms with Crippen molar-refractivity contribution in [3.8, 4) is 11.5 Å². The number of aromatic hydroxyl groups is 1. The fourth-order valence-electron chi connectivity index (χ4n) is 3.21. The molecule has 0 aromatic heterocycles. The first-order chi connectivity index (χ1) is 16.7. The standard InChI is InChI=1S/C23H20O5.C5H12O2/c1-23(2,17-7-11-19(24)12-8-17)18-9-13-20(14-10-18)28-22(27)16-5-3-15(4-6-16)21(25)26;1-2-4-7-5-3-6/h3-14,24H,1-2H3,(H,25,26);6H,2-5H2,1H3. The molecule has 0 unspecified atom stereocenters. The van der Waals surface area contributed by atoms with E-state index in [-0.39, 0.29) is 28.9 Å². The number of carboxylic acids is 1. The van der Waals surface area contributed by atoms with Crippen LogP contribution < -0.4 is 4.74 Å². The number of aliphatic hydroxyl groups is 1. The average Bonchev–Trinajstić information content (AvgIpc) is 2.85. The average molecular weight is 481 g/mol. The van der Waals surface area contributed by atoms with E-state index in [1.165, 1.54) is 24.3 Å². The zero-order valence-electron chi connectivity index (χ0n) is 20.2. The summed E-state index contributed by atoms with van der Waals surface area (Å²) in [5.74, 6) is -0.981. The molecule has 3 aromatic rings. The van der Waals surface area contributed by atoms with Gasteiger partial charge in [-0.15, -0.1) is 0 Å². The van der Waals surface area contributed by atoms with Gasteiger partial charge in [-0.05, 0) is 66.1 Å². The van der Waals surface area contributed by atoms with E-state index in [2.05, 4.69) is 13.8 Å². The molecule has 186 valence electrons. The molecule has 3 N–H and O–H groups in total. The van der Waals surface area contributed by atoms with E-state index < -0.39 is 11.9 Å². The minimum atomic E-state index is -1.05. The van der Waals surface area contributed by atoms with Gasteiger partial charge in [0.25, 0.3) is 0 Å². The van der Waals surface area contributed by atoms with Gasteiger partial charge in [-0.25, -0.2) is 9.59 Å². The van der Waals surface area contributed by atoms with Crippen molar-refractivity contribution in [3.05, 3.63) is 95.1 Å². The summed E-state index contributed by atoms with van der Waals surface area (Å²) in [6.45, 7) is 7.57. The van der Waals surface area contributed by atoms with E-state index in [9.17, 15) is 14.7 Å². The van der Waals surface area contributed by atoms with E-state index >= 15 is 0 Å². The van der Waals surface area contributed by atoms with Gasteiger partial charge in [-0.3, -0.25) is 0 Å². The molecule has 0 aliphatic rings. The van der Waals surface area contributed by atoms with Gasteiger partial charge in [0.05, 0.1) is 24.3 Å². The zero-order valence-corrected chi connectivity index (χ0v) is 20.2. The maximum absolute atomic E-state index is 12.2. The van der Waals surface area contributed by atoms with Gasteiger partial charge in [0, 0.05) is 12.0 Å². The molecule has 0 heterocycles. The second-order valence-electron chi connectivity index (χ2n) is 8.30. The molecule has 35 heavy (non-hydrogen) atoms. The Morgan fingerprint density at radius 2 is 1.31 bits per heavy atom. The summed E-state index contributed by atoms with van der Waals surface area (Å²) in [4.78, 5) is 23.1. The van der Waals surface area contributed by atoms with Crippen LogP contribution in [-0.4, -0.2) is 47.1 Å². The molecule has 0 fully saturated rings. The largest absolute Gasteiger partial charge is 0.508 e. The van der Waals surface area contributed by atoms with Crippen LogP contribution in [0, 0.1) is 0 Å². The molecule has 7 nitrogen and oxygen atoms in total. The monoisotopic (exact) mass is 480 g/mol. The van der Waals surface area contributed by atoms with Crippen LogP contribution in [-0.2, 0) is 10.2 Å². The molecule has 0 radical (unpaired) electrons. The summed E-state index contributed by atoms with van der Waals surface area (Å²) in [6.07, 6.45) is 1.03. The van der Waals surface area contributed by atoms with Crippen LogP contribution in [0.3, 0.4) is 0 Å². The molecule has 0 bridgehead atoms. The van der Waals surface area contributed by atoms with Crippen LogP contribution in [0.5, 0.6) is 11.5 Å². The van der Waals surface area contributed by atoms with Gasteiger partial charge >= 0.3 is 11.9 Å². The van der Waals surface area contributed by atoms with Crippen LogP contribution in [0.2, 0.25) is 0 Å². The molecular formula is C28H32O7. The highest BCUT2D eigenvalue weighted by Gasteiger charge is 2.23. The Morgan fingerprint density at radius 3 is 1.80 bits per heavy atom. The van der Waals surface area contributed by atoms with Gasteiger partial charge in [0.15, 0.2) is 0 Å². The topological polar surface area (TPSA) is 113 Å². The third kappa shape index (κ3) is 8.24. The number of benzene rings is 3. The molecule has 3 rings (SSSR count). The highest BCUT2D eigenvalue weighted by molar-refractivity contribution is 5.93. The highest BCUT2D eigenvalue weighted by atomic mass is 16.5. The van der Waals surface area contributed by atoms with Gasteiger partial charge < -0.3 is 24.8 Å². The van der Waals surface area contributed by atoms with Gasteiger partial charge in [0.1, 0.15) is 11.5 Å². The lowest BCUT2D eigenvalue weighted by molar-refractivity contribution is 0.0691. The molecular weight excluding hydrogens is 448 g/mol. The molecule has 0 atom stereocenters. The molecule has 0 saturated heterocycles. The second-order valence-corrected chi connectivity index (χ2v) is 8.30. The molecule has 0 amide bonds. The quantitative estimate of drug-likeness (QED) is 0.223. The van der Waals surface area contributed by atoms with Crippen molar-refractivity contribution in [3.63, 3.8) is 0 Å². The van der Waals surface area contributed by atoms with Crippen molar-refractivity contribution in [2.75, 3.05) is 19.8 Å². The van der Waals surface area contributed by atoms with Crippen molar-refractivity contribution >= 4 is 11.9 Å². The van der Waals surface area contributed by atoms with E-state index in [0.717, 1.165) is 24.2 Å². The number of hydrogen-bond acceptors (Lipinski definition) is 6. The molecule has 0 aliphatic carbocycles. The number of rotatable bonds is 9. The van der Waals surface area contributed by atoms with Crippen molar-refractivity contribution in [1.29, 1.82) is 0 Å². The molecule has 0 spiro atoms. The summed E-state index contributed by atoms with van der Waals surface area (Å²) in [7, 11) is 0. The highest BCUT2D eigenvalue weighted by Crippen LogP contribution is 2.33. The lowest BCUT2D eigenvalue weighted by atomic mass is 9.78. The Kier molecular flexibility index (Phi) is 10.5. The second kappa shape index (κ2) is 13.3. The van der Waals surface area contributed by atoms with Crippen molar-refractivity contribution in [1.82, 2.24) is 0 Å². The van der Waals surface area contributed by atoms with Gasteiger partial charge in [0.2, 0.25) is 0 Å². The Morgan fingerprint density at radius 1 is 0.800 bits per heavy atom. The number of hydrogen-bond donors (Lipinski definition) is 3. The normalized spacial score (nSPS) is 10.7. The minimum Gasteiger partial charge on any atom is -0.508 e. The SMILES string of the molecule is CC(C)(c1ccc(O)cc1)c1ccc(OC(=O)c2ccc(C(=O)O)cc2)cc1.CCCOCCO. The van der Waals surface area contributed by atoms with Gasteiger partial charge in [-0.1, -0.05) is 45.0 Å². The van der Waals surface area contributed by atoms with E-state index in [1.54, 1.807) is 24.3 Å². The minimum absolute atomic E-state index is 0.109. The van der Waals surface area contributed by atoms with E-state index in [1.807, 2.05) is 31.2 Å². The Bertz CT molecular complexity index is 1070. The maximum Gasteiger partial charge on any atom is 0.343 e. The summed E-state index contributed by atoms with van der Waals surface area (Å²) < 4.78 is 10.3. The van der Waals surface area contributed by atoms with Crippen LogP contribution in [0.25, 0.3) is 0 Å². The number of phenols is 1. The number of ether oxygens (including phenoxy) is 2. The lowest BCUT2D eigenvalue weighted by Crippen LogP contribution is -2.18. The third-order valence-electron chi connectivity index (χ3n) is 5.33. The number of aromatic carboxylic acids is 1. The summed E-state index contributed by atoms with van der Waals surface area (Å²) in [5.41, 5.74) is 2.18. The first-order valence-corrected chi connectivity index (χ1v) is 11.3. The number of phenolic OH excluding ortho intramolecular Hbond substituents is 1. The van der Waals surface area contributed by atoms with Crippen LogP contribution >= 0.6 is 0 Å². The summed E-state index contributed by atoms with van der Waals surface area (Å²) in [6, 6.07) is 19.9. The predicted molar refractivity (Wildman–Crippen MR) is 133 cm³/mol. The van der Waals surface area contributed by atoms with Crippen molar-refractivity contribution in [2.24, 2.45) is 0 Å². The Hall–Kier alpha value is -3.68. The number of carbonyl (C=O) groups is 2. The zero-order chi connectivity index (χ0) is 25.8. The molecule has 0 saturated carbocycles. The fraction of sp³-hybridized carbons (Fsp3) is 0.286. The summed E-state index contributed by atoms with van der Waals surface area (Å²) >= 11 is 0. The molecule has 0 aliphatic heterocycles. The number of aliphatic hydroxyl groups excluding tert-OH is 1. The number of carbonyl (C=O) groups excluding carboxylic acids is 1. The number of carboxylic acid groups (broad SMARTS) is 1. The van der Waals surface area contributed by atoms with E-state index in [0.29, 0.717) is 12.4 Å². The Labute approximate surface area is 205 Å². The molecule has 7 heteroatoms. The van der Waals surface area contributed by atoms with Gasteiger partial charge in [-0.2, -0.15) is 0 Å². The third-order valence-corrected chi connectivity index (χ3v) is 5.33. The first-order valence-electron chi connectivity index (χ1n) is 11.3.